The predicted molar refractivity (Wildman–Crippen MR) is 117 cm³/mol. The second-order valence-corrected chi connectivity index (χ2v) is 7.64. The SMILES string of the molecule is COc1cc(CNC(C)C(O)c2ccccc2)cc(Br)c1OCc1cccnc1. The first-order valence-electron chi connectivity index (χ1n) is 9.43. The van der Waals surface area contributed by atoms with Gasteiger partial charge in [0, 0.05) is 30.5 Å². The van der Waals surface area contributed by atoms with Crippen molar-refractivity contribution in [2.45, 2.75) is 32.2 Å². The summed E-state index contributed by atoms with van der Waals surface area (Å²) in [7, 11) is 1.62. The van der Waals surface area contributed by atoms with Crippen molar-refractivity contribution >= 4 is 15.9 Å². The van der Waals surface area contributed by atoms with Gasteiger partial charge in [-0.3, -0.25) is 4.98 Å². The average molecular weight is 457 g/mol. The monoisotopic (exact) mass is 456 g/mol. The summed E-state index contributed by atoms with van der Waals surface area (Å²) in [6.45, 7) is 2.96. The molecule has 0 fully saturated rings. The summed E-state index contributed by atoms with van der Waals surface area (Å²) >= 11 is 3.59. The molecular weight excluding hydrogens is 432 g/mol. The third-order valence-electron chi connectivity index (χ3n) is 4.64. The molecule has 29 heavy (non-hydrogen) atoms. The van der Waals surface area contributed by atoms with Crippen LogP contribution in [0.4, 0.5) is 0 Å². The number of rotatable bonds is 9. The third-order valence-corrected chi connectivity index (χ3v) is 5.23. The van der Waals surface area contributed by atoms with E-state index in [4.69, 9.17) is 9.47 Å². The van der Waals surface area contributed by atoms with Crippen molar-refractivity contribution in [3.8, 4) is 11.5 Å². The zero-order chi connectivity index (χ0) is 20.6. The Balaban J connectivity index is 1.65. The summed E-state index contributed by atoms with van der Waals surface area (Å²) in [6, 6.07) is 17.3. The zero-order valence-electron chi connectivity index (χ0n) is 16.5. The molecule has 0 radical (unpaired) electrons. The molecule has 1 heterocycles. The van der Waals surface area contributed by atoms with Crippen LogP contribution in [-0.2, 0) is 13.2 Å². The van der Waals surface area contributed by atoms with E-state index >= 15 is 0 Å². The molecule has 0 aliphatic rings. The van der Waals surface area contributed by atoms with Crippen molar-refractivity contribution < 1.29 is 14.6 Å². The number of benzene rings is 2. The smallest absolute Gasteiger partial charge is 0.175 e. The van der Waals surface area contributed by atoms with Gasteiger partial charge in [-0.25, -0.2) is 0 Å². The molecule has 2 atom stereocenters. The number of aliphatic hydroxyl groups is 1. The molecule has 0 saturated carbocycles. The molecule has 152 valence electrons. The Morgan fingerprint density at radius 1 is 1.10 bits per heavy atom. The summed E-state index contributed by atoms with van der Waals surface area (Å²) in [5.74, 6) is 1.30. The van der Waals surface area contributed by atoms with Gasteiger partial charge in [-0.1, -0.05) is 36.4 Å². The van der Waals surface area contributed by atoms with E-state index in [0.29, 0.717) is 24.7 Å². The lowest BCUT2D eigenvalue weighted by Crippen LogP contribution is -2.31. The maximum Gasteiger partial charge on any atom is 0.175 e. The minimum atomic E-state index is -0.580. The van der Waals surface area contributed by atoms with E-state index in [0.717, 1.165) is 21.2 Å². The van der Waals surface area contributed by atoms with Crippen molar-refractivity contribution in [2.75, 3.05) is 7.11 Å². The van der Waals surface area contributed by atoms with Crippen LogP contribution in [0.1, 0.15) is 29.7 Å². The first-order valence-corrected chi connectivity index (χ1v) is 10.2. The van der Waals surface area contributed by atoms with Crippen molar-refractivity contribution in [1.29, 1.82) is 0 Å². The Morgan fingerprint density at radius 3 is 2.59 bits per heavy atom. The normalized spacial score (nSPS) is 13.0. The van der Waals surface area contributed by atoms with Crippen LogP contribution in [0.25, 0.3) is 0 Å². The molecule has 2 N–H and O–H groups in total. The molecule has 3 rings (SSSR count). The van der Waals surface area contributed by atoms with Crippen molar-refractivity contribution in [1.82, 2.24) is 10.3 Å². The lowest BCUT2D eigenvalue weighted by atomic mass is 10.0. The fourth-order valence-corrected chi connectivity index (χ4v) is 3.59. The highest BCUT2D eigenvalue weighted by Crippen LogP contribution is 2.37. The van der Waals surface area contributed by atoms with Gasteiger partial charge in [0.1, 0.15) is 6.61 Å². The minimum absolute atomic E-state index is 0.108. The molecule has 0 aliphatic carbocycles. The molecule has 5 nitrogen and oxygen atoms in total. The molecule has 0 amide bonds. The van der Waals surface area contributed by atoms with Gasteiger partial charge < -0.3 is 19.9 Å². The summed E-state index contributed by atoms with van der Waals surface area (Å²) < 4.78 is 12.3. The van der Waals surface area contributed by atoms with E-state index in [2.05, 4.69) is 26.2 Å². The number of methoxy groups -OCH3 is 1. The quantitative estimate of drug-likeness (QED) is 0.490. The Kier molecular flexibility index (Phi) is 7.63. The van der Waals surface area contributed by atoms with Gasteiger partial charge in [-0.2, -0.15) is 0 Å². The number of aromatic nitrogens is 1. The number of halogens is 1. The number of nitrogens with zero attached hydrogens (tertiary/aromatic N) is 1. The van der Waals surface area contributed by atoms with Gasteiger partial charge in [-0.15, -0.1) is 0 Å². The third kappa shape index (κ3) is 5.79. The van der Waals surface area contributed by atoms with Crippen molar-refractivity contribution in [3.05, 3.63) is 88.2 Å². The highest BCUT2D eigenvalue weighted by Gasteiger charge is 2.17. The second kappa shape index (κ2) is 10.4. The summed E-state index contributed by atoms with van der Waals surface area (Å²) in [5, 5.41) is 13.9. The summed E-state index contributed by atoms with van der Waals surface area (Å²) in [5.41, 5.74) is 2.90. The minimum Gasteiger partial charge on any atom is -0.493 e. The first kappa shape index (κ1) is 21.3. The summed E-state index contributed by atoms with van der Waals surface area (Å²) in [6.07, 6.45) is 2.93. The van der Waals surface area contributed by atoms with Gasteiger partial charge in [0.2, 0.25) is 0 Å². The number of aliphatic hydroxyl groups excluding tert-OH is 1. The zero-order valence-corrected chi connectivity index (χ0v) is 18.1. The Labute approximate surface area is 179 Å². The van der Waals surface area contributed by atoms with E-state index in [-0.39, 0.29) is 6.04 Å². The van der Waals surface area contributed by atoms with Crippen LogP contribution in [0.5, 0.6) is 11.5 Å². The van der Waals surface area contributed by atoms with Crippen LogP contribution in [-0.4, -0.2) is 23.2 Å². The molecule has 1 aromatic heterocycles. The molecule has 2 unspecified atom stereocenters. The highest BCUT2D eigenvalue weighted by atomic mass is 79.9. The topological polar surface area (TPSA) is 63.6 Å². The predicted octanol–water partition coefficient (Wildman–Crippen LogP) is 4.64. The molecule has 2 aromatic carbocycles. The maximum absolute atomic E-state index is 10.5. The molecule has 0 aliphatic heterocycles. The second-order valence-electron chi connectivity index (χ2n) is 6.78. The first-order chi connectivity index (χ1) is 14.1. The fourth-order valence-electron chi connectivity index (χ4n) is 2.98. The van der Waals surface area contributed by atoms with E-state index in [1.165, 1.54) is 0 Å². The largest absolute Gasteiger partial charge is 0.493 e. The van der Waals surface area contributed by atoms with Crippen molar-refractivity contribution in [3.63, 3.8) is 0 Å². The molecule has 3 aromatic rings. The highest BCUT2D eigenvalue weighted by molar-refractivity contribution is 9.10. The Morgan fingerprint density at radius 2 is 1.90 bits per heavy atom. The summed E-state index contributed by atoms with van der Waals surface area (Å²) in [4.78, 5) is 4.10. The van der Waals surface area contributed by atoms with Gasteiger partial charge >= 0.3 is 0 Å². The fraction of sp³-hybridized carbons (Fsp3) is 0.261. The van der Waals surface area contributed by atoms with Crippen LogP contribution in [0.3, 0.4) is 0 Å². The number of hydrogen-bond acceptors (Lipinski definition) is 5. The van der Waals surface area contributed by atoms with Crippen LogP contribution >= 0.6 is 15.9 Å². The average Bonchev–Trinajstić information content (AvgIpc) is 2.77. The number of hydrogen-bond donors (Lipinski definition) is 2. The van der Waals surface area contributed by atoms with Gasteiger partial charge in [-0.05, 0) is 52.2 Å². The van der Waals surface area contributed by atoms with Crippen molar-refractivity contribution in [2.24, 2.45) is 0 Å². The van der Waals surface area contributed by atoms with Crippen LogP contribution in [0.15, 0.2) is 71.5 Å². The lowest BCUT2D eigenvalue weighted by Gasteiger charge is -2.21. The maximum atomic E-state index is 10.5. The lowest BCUT2D eigenvalue weighted by molar-refractivity contribution is 0.135. The Hall–Kier alpha value is -2.41. The molecule has 0 spiro atoms. The molecule has 6 heteroatoms. The van der Waals surface area contributed by atoms with Gasteiger partial charge in [0.15, 0.2) is 11.5 Å². The standard InChI is InChI=1S/C23H25BrN2O3/c1-16(22(27)19-8-4-3-5-9-19)26-14-18-11-20(24)23(21(12-18)28-2)29-15-17-7-6-10-25-13-17/h3-13,16,22,26-27H,14-15H2,1-2H3. The van der Waals surface area contributed by atoms with Crippen LogP contribution in [0.2, 0.25) is 0 Å². The number of pyridine rings is 1. The van der Waals surface area contributed by atoms with E-state index in [1.807, 2.05) is 61.5 Å². The number of nitrogens with one attached hydrogen (secondary N) is 1. The molecule has 0 bridgehead atoms. The van der Waals surface area contributed by atoms with E-state index < -0.39 is 6.10 Å². The van der Waals surface area contributed by atoms with Crippen LogP contribution in [0, 0.1) is 0 Å². The van der Waals surface area contributed by atoms with Gasteiger partial charge in [0.05, 0.1) is 17.7 Å². The Bertz CT molecular complexity index is 907. The molecular formula is C23H25BrN2O3. The van der Waals surface area contributed by atoms with E-state index in [9.17, 15) is 5.11 Å². The van der Waals surface area contributed by atoms with Crippen LogP contribution < -0.4 is 14.8 Å². The van der Waals surface area contributed by atoms with E-state index in [1.54, 1.807) is 19.5 Å². The molecule has 0 saturated heterocycles. The van der Waals surface area contributed by atoms with Gasteiger partial charge in [0.25, 0.3) is 0 Å². The number of ether oxygens (including phenoxy) is 2.